The first-order chi connectivity index (χ1) is 8.65. The second kappa shape index (κ2) is 5.04. The molecule has 0 saturated heterocycles. The Morgan fingerprint density at radius 3 is 2.61 bits per heavy atom. The van der Waals surface area contributed by atoms with E-state index >= 15 is 0 Å². The van der Waals surface area contributed by atoms with E-state index in [4.69, 9.17) is 0 Å². The number of benzene rings is 1. The zero-order valence-corrected chi connectivity index (χ0v) is 11.2. The highest BCUT2D eigenvalue weighted by molar-refractivity contribution is 5.77. The molecular weight excluding hydrogens is 224 g/mol. The van der Waals surface area contributed by atoms with Crippen molar-refractivity contribution in [2.45, 2.75) is 20.8 Å². The number of anilines is 1. The molecule has 18 heavy (non-hydrogen) atoms. The molecule has 1 aromatic heterocycles. The van der Waals surface area contributed by atoms with Gasteiger partial charge in [-0.3, -0.25) is 0 Å². The van der Waals surface area contributed by atoms with E-state index in [-0.39, 0.29) is 0 Å². The van der Waals surface area contributed by atoms with Gasteiger partial charge in [-0.15, -0.1) is 10.2 Å². The summed E-state index contributed by atoms with van der Waals surface area (Å²) in [5, 5.41) is 11.7. The van der Waals surface area contributed by atoms with Crippen LogP contribution in [0, 0.1) is 13.8 Å². The first-order valence-corrected chi connectivity index (χ1v) is 5.99. The van der Waals surface area contributed by atoms with E-state index in [2.05, 4.69) is 34.6 Å². The molecule has 0 atom stereocenters. The predicted molar refractivity (Wildman–Crippen MR) is 74.3 cm³/mol. The minimum absolute atomic E-state index is 0.878. The Kier molecular flexibility index (Phi) is 3.46. The number of allylic oxidation sites excluding steroid dienone is 1. The quantitative estimate of drug-likeness (QED) is 0.899. The Bertz CT molecular complexity index is 581. The van der Waals surface area contributed by atoms with Crippen molar-refractivity contribution < 1.29 is 0 Å². The van der Waals surface area contributed by atoms with E-state index in [9.17, 15) is 0 Å². The zero-order chi connectivity index (χ0) is 13.1. The van der Waals surface area contributed by atoms with Crippen molar-refractivity contribution in [3.8, 4) is 11.4 Å². The topological polar surface area (TPSA) is 42.7 Å². The standard InChI is InChI=1S/C14H18N4/c1-5-9-15-13-10(2)7-6-8-12(13)14-17-16-11(3)18(14)4/h5-9,15H,1-4H3/b9-5-. The molecule has 0 spiro atoms. The highest BCUT2D eigenvalue weighted by Crippen LogP contribution is 2.29. The van der Waals surface area contributed by atoms with Crippen LogP contribution < -0.4 is 5.32 Å². The van der Waals surface area contributed by atoms with Gasteiger partial charge in [-0.1, -0.05) is 18.2 Å². The van der Waals surface area contributed by atoms with Crippen LogP contribution in [0.15, 0.2) is 30.5 Å². The number of nitrogens with one attached hydrogen (secondary N) is 1. The molecule has 0 aliphatic heterocycles. The molecule has 94 valence electrons. The minimum atomic E-state index is 0.878. The van der Waals surface area contributed by atoms with Crippen LogP contribution in [0.25, 0.3) is 11.4 Å². The van der Waals surface area contributed by atoms with Crippen molar-refractivity contribution >= 4 is 5.69 Å². The maximum Gasteiger partial charge on any atom is 0.165 e. The van der Waals surface area contributed by atoms with Crippen molar-refractivity contribution in [1.82, 2.24) is 14.8 Å². The molecule has 2 rings (SSSR count). The number of hydrogen-bond acceptors (Lipinski definition) is 3. The molecule has 1 aromatic carbocycles. The SMILES string of the molecule is C/C=C\Nc1c(C)cccc1-c1nnc(C)n1C. The fraction of sp³-hybridized carbons (Fsp3) is 0.286. The number of nitrogens with zero attached hydrogens (tertiary/aromatic N) is 3. The zero-order valence-electron chi connectivity index (χ0n) is 11.2. The summed E-state index contributed by atoms with van der Waals surface area (Å²) >= 11 is 0. The van der Waals surface area contributed by atoms with Gasteiger partial charge >= 0.3 is 0 Å². The molecule has 4 heteroatoms. The third-order valence-electron chi connectivity index (χ3n) is 3.00. The van der Waals surface area contributed by atoms with Crippen LogP contribution in [0.1, 0.15) is 18.3 Å². The first kappa shape index (κ1) is 12.4. The molecule has 0 bridgehead atoms. The molecule has 0 saturated carbocycles. The molecule has 0 aliphatic rings. The highest BCUT2D eigenvalue weighted by atomic mass is 15.3. The van der Waals surface area contributed by atoms with Gasteiger partial charge in [0.2, 0.25) is 0 Å². The molecule has 0 amide bonds. The summed E-state index contributed by atoms with van der Waals surface area (Å²) in [7, 11) is 1.98. The van der Waals surface area contributed by atoms with Gasteiger partial charge < -0.3 is 9.88 Å². The molecule has 0 radical (unpaired) electrons. The number of rotatable bonds is 3. The van der Waals surface area contributed by atoms with E-state index in [1.54, 1.807) is 0 Å². The smallest absolute Gasteiger partial charge is 0.165 e. The molecule has 1 N–H and O–H groups in total. The number of para-hydroxylation sites is 1. The Hall–Kier alpha value is -2.10. The van der Waals surface area contributed by atoms with E-state index < -0.39 is 0 Å². The summed E-state index contributed by atoms with van der Waals surface area (Å²) in [6.07, 6.45) is 3.90. The normalized spacial score (nSPS) is 11.1. The summed E-state index contributed by atoms with van der Waals surface area (Å²) in [6.45, 7) is 6.02. The van der Waals surface area contributed by atoms with E-state index in [1.165, 1.54) is 5.56 Å². The van der Waals surface area contributed by atoms with Crippen LogP contribution >= 0.6 is 0 Å². The summed E-state index contributed by atoms with van der Waals surface area (Å²) in [4.78, 5) is 0. The van der Waals surface area contributed by atoms with E-state index in [0.717, 1.165) is 22.9 Å². The summed E-state index contributed by atoms with van der Waals surface area (Å²) in [5.41, 5.74) is 3.33. The van der Waals surface area contributed by atoms with Gasteiger partial charge in [0.25, 0.3) is 0 Å². The van der Waals surface area contributed by atoms with Crippen LogP contribution in [-0.2, 0) is 7.05 Å². The average Bonchev–Trinajstić information content (AvgIpc) is 2.68. The number of aromatic nitrogens is 3. The minimum Gasteiger partial charge on any atom is -0.361 e. The molecule has 0 aliphatic carbocycles. The summed E-state index contributed by atoms with van der Waals surface area (Å²) in [6, 6.07) is 6.18. The number of hydrogen-bond donors (Lipinski definition) is 1. The largest absolute Gasteiger partial charge is 0.361 e. The lowest BCUT2D eigenvalue weighted by molar-refractivity contribution is 0.865. The van der Waals surface area contributed by atoms with E-state index in [1.807, 2.05) is 43.8 Å². The Morgan fingerprint density at radius 2 is 2.00 bits per heavy atom. The van der Waals surface area contributed by atoms with Gasteiger partial charge in [-0.25, -0.2) is 0 Å². The Balaban J connectivity index is 2.56. The maximum atomic E-state index is 4.24. The first-order valence-electron chi connectivity index (χ1n) is 5.99. The van der Waals surface area contributed by atoms with Gasteiger partial charge in [-0.05, 0) is 38.6 Å². The fourth-order valence-electron chi connectivity index (χ4n) is 1.85. The second-order valence-corrected chi connectivity index (χ2v) is 4.27. The van der Waals surface area contributed by atoms with Crippen LogP contribution in [0.5, 0.6) is 0 Å². The number of aryl methyl sites for hydroxylation is 2. The summed E-state index contributed by atoms with van der Waals surface area (Å²) in [5.74, 6) is 1.78. The fourth-order valence-corrected chi connectivity index (χ4v) is 1.85. The van der Waals surface area contributed by atoms with Crippen molar-refractivity contribution in [1.29, 1.82) is 0 Å². The second-order valence-electron chi connectivity index (χ2n) is 4.27. The lowest BCUT2D eigenvalue weighted by Crippen LogP contribution is -2.00. The van der Waals surface area contributed by atoms with E-state index in [0.29, 0.717) is 0 Å². The molecule has 2 aromatic rings. The van der Waals surface area contributed by atoms with Crippen molar-refractivity contribution in [2.24, 2.45) is 7.05 Å². The maximum absolute atomic E-state index is 4.24. The predicted octanol–water partition coefficient (Wildman–Crippen LogP) is 3.04. The third-order valence-corrected chi connectivity index (χ3v) is 3.00. The Morgan fingerprint density at radius 1 is 1.22 bits per heavy atom. The Labute approximate surface area is 107 Å². The molecule has 4 nitrogen and oxygen atoms in total. The van der Waals surface area contributed by atoms with Crippen molar-refractivity contribution in [3.63, 3.8) is 0 Å². The lowest BCUT2D eigenvalue weighted by atomic mass is 10.1. The van der Waals surface area contributed by atoms with Crippen molar-refractivity contribution in [3.05, 3.63) is 41.9 Å². The third kappa shape index (κ3) is 2.14. The van der Waals surface area contributed by atoms with Crippen molar-refractivity contribution in [2.75, 3.05) is 5.32 Å². The monoisotopic (exact) mass is 242 g/mol. The molecule has 1 heterocycles. The van der Waals surface area contributed by atoms with Crippen LogP contribution in [-0.4, -0.2) is 14.8 Å². The van der Waals surface area contributed by atoms with Crippen LogP contribution in [0.2, 0.25) is 0 Å². The molecule has 0 fully saturated rings. The van der Waals surface area contributed by atoms with Crippen LogP contribution in [0.4, 0.5) is 5.69 Å². The lowest BCUT2D eigenvalue weighted by Gasteiger charge is -2.12. The van der Waals surface area contributed by atoms with Gasteiger partial charge in [0.1, 0.15) is 5.82 Å². The molecule has 0 unspecified atom stereocenters. The van der Waals surface area contributed by atoms with Gasteiger partial charge in [0, 0.05) is 12.6 Å². The van der Waals surface area contributed by atoms with Gasteiger partial charge in [-0.2, -0.15) is 0 Å². The average molecular weight is 242 g/mol. The van der Waals surface area contributed by atoms with Crippen LogP contribution in [0.3, 0.4) is 0 Å². The summed E-state index contributed by atoms with van der Waals surface area (Å²) < 4.78 is 2.00. The van der Waals surface area contributed by atoms with Gasteiger partial charge in [0.05, 0.1) is 5.69 Å². The molecular formula is C14H18N4. The van der Waals surface area contributed by atoms with Gasteiger partial charge in [0.15, 0.2) is 5.82 Å². The highest BCUT2D eigenvalue weighted by Gasteiger charge is 2.12.